The molecule has 1 aliphatic heterocycles. The molecule has 1 saturated heterocycles. The van der Waals surface area contributed by atoms with Gasteiger partial charge in [0.05, 0.1) is 6.42 Å². The summed E-state index contributed by atoms with van der Waals surface area (Å²) in [6.07, 6.45) is 3.78. The highest BCUT2D eigenvalue weighted by Crippen LogP contribution is 2.22. The SMILES string of the molecule is O=C(Cc1cc(Cl)ccc1Cl)N1CCCCC1. The van der Waals surface area contributed by atoms with Crippen LogP contribution in [-0.4, -0.2) is 23.9 Å². The second-order valence-electron chi connectivity index (χ2n) is 4.35. The molecule has 92 valence electrons. The lowest BCUT2D eigenvalue weighted by molar-refractivity contribution is -0.131. The Morgan fingerprint density at radius 3 is 2.59 bits per heavy atom. The zero-order valence-corrected chi connectivity index (χ0v) is 11.1. The molecule has 2 rings (SSSR count). The minimum Gasteiger partial charge on any atom is -0.342 e. The van der Waals surface area contributed by atoms with Gasteiger partial charge in [-0.25, -0.2) is 0 Å². The Kier molecular flexibility index (Phi) is 4.30. The van der Waals surface area contributed by atoms with E-state index in [2.05, 4.69) is 0 Å². The molecule has 0 aromatic heterocycles. The van der Waals surface area contributed by atoms with Crippen molar-refractivity contribution in [2.75, 3.05) is 13.1 Å². The van der Waals surface area contributed by atoms with Crippen molar-refractivity contribution in [3.8, 4) is 0 Å². The number of benzene rings is 1. The Bertz CT molecular complexity index is 414. The molecule has 0 N–H and O–H groups in total. The van der Waals surface area contributed by atoms with Crippen molar-refractivity contribution in [2.45, 2.75) is 25.7 Å². The maximum atomic E-state index is 12.1. The smallest absolute Gasteiger partial charge is 0.227 e. The second-order valence-corrected chi connectivity index (χ2v) is 5.20. The summed E-state index contributed by atoms with van der Waals surface area (Å²) in [5.41, 5.74) is 0.815. The average Bonchev–Trinajstić information content (AvgIpc) is 2.35. The molecule has 0 atom stereocenters. The quantitative estimate of drug-likeness (QED) is 0.806. The first kappa shape index (κ1) is 12.7. The molecule has 1 aromatic carbocycles. The predicted molar refractivity (Wildman–Crippen MR) is 70.6 cm³/mol. The third-order valence-electron chi connectivity index (χ3n) is 3.06. The van der Waals surface area contributed by atoms with E-state index in [1.807, 2.05) is 4.90 Å². The zero-order chi connectivity index (χ0) is 12.3. The Morgan fingerprint density at radius 1 is 1.18 bits per heavy atom. The number of carbonyl (C=O) groups excluding carboxylic acids is 1. The topological polar surface area (TPSA) is 20.3 Å². The number of carbonyl (C=O) groups is 1. The molecular weight excluding hydrogens is 257 g/mol. The number of amides is 1. The van der Waals surface area contributed by atoms with Crippen molar-refractivity contribution in [3.63, 3.8) is 0 Å². The first-order valence-corrected chi connectivity index (χ1v) is 6.64. The highest BCUT2D eigenvalue weighted by atomic mass is 35.5. The Labute approximate surface area is 112 Å². The molecule has 0 bridgehead atoms. The van der Waals surface area contributed by atoms with E-state index in [-0.39, 0.29) is 5.91 Å². The van der Waals surface area contributed by atoms with Crippen LogP contribution in [0.1, 0.15) is 24.8 Å². The Balaban J connectivity index is 2.04. The van der Waals surface area contributed by atoms with Crippen LogP contribution >= 0.6 is 23.2 Å². The van der Waals surface area contributed by atoms with Gasteiger partial charge in [-0.2, -0.15) is 0 Å². The van der Waals surface area contributed by atoms with Gasteiger partial charge in [-0.3, -0.25) is 4.79 Å². The molecule has 0 saturated carbocycles. The summed E-state index contributed by atoms with van der Waals surface area (Å²) in [5.74, 6) is 0.147. The van der Waals surface area contributed by atoms with Gasteiger partial charge in [0, 0.05) is 23.1 Å². The molecule has 1 heterocycles. The molecule has 1 amide bonds. The van der Waals surface area contributed by atoms with Crippen molar-refractivity contribution in [1.29, 1.82) is 0 Å². The van der Waals surface area contributed by atoms with Crippen molar-refractivity contribution in [2.24, 2.45) is 0 Å². The number of hydrogen-bond donors (Lipinski definition) is 0. The van der Waals surface area contributed by atoms with E-state index in [1.165, 1.54) is 6.42 Å². The van der Waals surface area contributed by atoms with Crippen LogP contribution in [0, 0.1) is 0 Å². The van der Waals surface area contributed by atoms with Crippen LogP contribution in [-0.2, 0) is 11.2 Å². The van der Waals surface area contributed by atoms with E-state index < -0.39 is 0 Å². The molecule has 0 aliphatic carbocycles. The number of piperidine rings is 1. The van der Waals surface area contributed by atoms with Crippen molar-refractivity contribution in [1.82, 2.24) is 4.90 Å². The van der Waals surface area contributed by atoms with Gasteiger partial charge in [0.2, 0.25) is 5.91 Å². The largest absolute Gasteiger partial charge is 0.342 e. The van der Waals surface area contributed by atoms with Crippen molar-refractivity contribution < 1.29 is 4.79 Å². The summed E-state index contributed by atoms with van der Waals surface area (Å²) >= 11 is 12.0. The summed E-state index contributed by atoms with van der Waals surface area (Å²) < 4.78 is 0. The molecule has 0 unspecified atom stereocenters. The fourth-order valence-electron chi connectivity index (χ4n) is 2.10. The first-order chi connectivity index (χ1) is 8.16. The number of nitrogens with zero attached hydrogens (tertiary/aromatic N) is 1. The summed E-state index contributed by atoms with van der Waals surface area (Å²) in [6.45, 7) is 1.74. The van der Waals surface area contributed by atoms with Crippen molar-refractivity contribution >= 4 is 29.1 Å². The van der Waals surface area contributed by atoms with E-state index in [1.54, 1.807) is 18.2 Å². The standard InChI is InChI=1S/C13H15Cl2NO/c14-11-4-5-12(15)10(8-11)9-13(17)16-6-2-1-3-7-16/h4-5,8H,1-3,6-7,9H2. The summed E-state index contributed by atoms with van der Waals surface area (Å²) in [7, 11) is 0. The highest BCUT2D eigenvalue weighted by Gasteiger charge is 2.17. The lowest BCUT2D eigenvalue weighted by Gasteiger charge is -2.26. The number of halogens is 2. The molecule has 17 heavy (non-hydrogen) atoms. The average molecular weight is 272 g/mol. The number of rotatable bonds is 2. The van der Waals surface area contributed by atoms with Crippen LogP contribution in [0.5, 0.6) is 0 Å². The second kappa shape index (κ2) is 5.74. The van der Waals surface area contributed by atoms with Crippen LogP contribution in [0.15, 0.2) is 18.2 Å². The van der Waals surface area contributed by atoms with Gasteiger partial charge in [0.1, 0.15) is 0 Å². The van der Waals surface area contributed by atoms with Gasteiger partial charge in [0.15, 0.2) is 0 Å². The van der Waals surface area contributed by atoms with E-state index in [4.69, 9.17) is 23.2 Å². The predicted octanol–water partition coefficient (Wildman–Crippen LogP) is 3.55. The maximum Gasteiger partial charge on any atom is 0.227 e. The molecule has 1 aromatic rings. The summed E-state index contributed by atoms with van der Waals surface area (Å²) in [5, 5.41) is 1.23. The monoisotopic (exact) mass is 271 g/mol. The summed E-state index contributed by atoms with van der Waals surface area (Å²) in [4.78, 5) is 14.0. The first-order valence-electron chi connectivity index (χ1n) is 5.88. The highest BCUT2D eigenvalue weighted by molar-refractivity contribution is 6.33. The normalized spacial score (nSPS) is 16.0. The van der Waals surface area contributed by atoms with E-state index >= 15 is 0 Å². The third-order valence-corrected chi connectivity index (χ3v) is 3.66. The van der Waals surface area contributed by atoms with Gasteiger partial charge >= 0.3 is 0 Å². The third kappa shape index (κ3) is 3.36. The Hall–Kier alpha value is -0.730. The molecule has 0 radical (unpaired) electrons. The van der Waals surface area contributed by atoms with E-state index in [0.717, 1.165) is 31.5 Å². The van der Waals surface area contributed by atoms with E-state index in [9.17, 15) is 4.79 Å². The number of likely N-dealkylation sites (tertiary alicyclic amines) is 1. The van der Waals surface area contributed by atoms with Crippen LogP contribution in [0.3, 0.4) is 0 Å². The molecule has 2 nitrogen and oxygen atoms in total. The molecule has 0 spiro atoms. The number of hydrogen-bond acceptors (Lipinski definition) is 1. The fourth-order valence-corrected chi connectivity index (χ4v) is 2.48. The minimum absolute atomic E-state index is 0.147. The van der Waals surface area contributed by atoms with Crippen LogP contribution in [0.25, 0.3) is 0 Å². The zero-order valence-electron chi connectivity index (χ0n) is 9.59. The van der Waals surface area contributed by atoms with Gasteiger partial charge in [0.25, 0.3) is 0 Å². The van der Waals surface area contributed by atoms with Gasteiger partial charge in [-0.15, -0.1) is 0 Å². The fraction of sp³-hybridized carbons (Fsp3) is 0.462. The molecule has 4 heteroatoms. The van der Waals surface area contributed by atoms with Crippen LogP contribution in [0.2, 0.25) is 10.0 Å². The van der Waals surface area contributed by atoms with Gasteiger partial charge in [-0.1, -0.05) is 23.2 Å². The summed E-state index contributed by atoms with van der Waals surface area (Å²) in [6, 6.07) is 5.24. The van der Waals surface area contributed by atoms with Gasteiger partial charge in [-0.05, 0) is 43.0 Å². The lowest BCUT2D eigenvalue weighted by atomic mass is 10.1. The molecule has 1 aliphatic rings. The van der Waals surface area contributed by atoms with Gasteiger partial charge < -0.3 is 4.90 Å². The minimum atomic E-state index is 0.147. The molecule has 1 fully saturated rings. The maximum absolute atomic E-state index is 12.1. The van der Waals surface area contributed by atoms with Crippen LogP contribution in [0.4, 0.5) is 0 Å². The lowest BCUT2D eigenvalue weighted by Crippen LogP contribution is -2.36. The Morgan fingerprint density at radius 2 is 1.88 bits per heavy atom. The van der Waals surface area contributed by atoms with E-state index in [0.29, 0.717) is 16.5 Å². The molecular formula is C13H15Cl2NO. The van der Waals surface area contributed by atoms with Crippen LogP contribution < -0.4 is 0 Å². The van der Waals surface area contributed by atoms with Crippen molar-refractivity contribution in [3.05, 3.63) is 33.8 Å².